The fourth-order valence-electron chi connectivity index (χ4n) is 8.71. The normalized spacial score (nSPS) is 24.0. The highest BCUT2D eigenvalue weighted by atomic mass is 32.2. The third-order valence-electron chi connectivity index (χ3n) is 13.7. The van der Waals surface area contributed by atoms with E-state index in [0.717, 1.165) is 23.9 Å². The molecule has 0 saturated carbocycles. The predicted octanol–water partition coefficient (Wildman–Crippen LogP) is -2.43. The van der Waals surface area contributed by atoms with Crippen molar-refractivity contribution in [2.24, 2.45) is 29.0 Å². The maximum Gasteiger partial charge on any atom is 0.452 e. The molecule has 514 valence electrons. The van der Waals surface area contributed by atoms with Crippen molar-refractivity contribution in [3.63, 3.8) is 0 Å². The molecule has 19 N–H and O–H groups in total. The number of phenols is 1. The summed E-state index contributed by atoms with van der Waals surface area (Å²) >= 11 is 2.01. The van der Waals surface area contributed by atoms with Crippen LogP contribution in [0.15, 0.2) is 48.5 Å². The van der Waals surface area contributed by atoms with Gasteiger partial charge in [0.15, 0.2) is 0 Å². The monoisotopic (exact) mass is 1370 g/mol. The Bertz CT molecular complexity index is 3100. The lowest BCUT2D eigenvalue weighted by molar-refractivity contribution is -0.143. The minimum atomic E-state index is -6.53. The highest BCUT2D eigenvalue weighted by Crippen LogP contribution is 2.63. The van der Waals surface area contributed by atoms with Crippen molar-refractivity contribution in [2.75, 3.05) is 30.1 Å². The lowest BCUT2D eigenvalue weighted by Gasteiger charge is -2.28. The van der Waals surface area contributed by atoms with E-state index in [0.29, 0.717) is 12.1 Å². The zero-order valence-electron chi connectivity index (χ0n) is 51.2. The summed E-state index contributed by atoms with van der Waals surface area (Å²) in [4.78, 5) is 198. The summed E-state index contributed by atoms with van der Waals surface area (Å²) in [6.07, 6.45) is -4.09. The van der Waals surface area contributed by atoms with Crippen LogP contribution in [0.4, 0.5) is 8.78 Å². The second kappa shape index (κ2) is 37.3. The Morgan fingerprint density at radius 2 is 1.20 bits per heavy atom. The molecule has 0 saturated heterocycles. The molecular weight excluding hydrogens is 1290 g/mol. The van der Waals surface area contributed by atoms with Gasteiger partial charge in [-0.05, 0) is 72.8 Å². The minimum Gasteiger partial charge on any atom is -0.508 e. The van der Waals surface area contributed by atoms with Gasteiger partial charge in [-0.2, -0.15) is 20.5 Å². The lowest BCUT2D eigenvalue weighted by Crippen LogP contribution is -2.60. The molecule has 2 bridgehead atoms. The maximum atomic E-state index is 16.3. The van der Waals surface area contributed by atoms with Crippen LogP contribution in [-0.2, 0) is 94.7 Å². The van der Waals surface area contributed by atoms with E-state index in [1.165, 1.54) is 63.7 Å². The second-order valence-electron chi connectivity index (χ2n) is 22.2. The van der Waals surface area contributed by atoms with Gasteiger partial charge in [-0.3, -0.25) is 62.3 Å². The first-order valence-electron chi connectivity index (χ1n) is 28.8. The van der Waals surface area contributed by atoms with Crippen LogP contribution in [0.2, 0.25) is 0 Å². The number of carbonyl (C=O) groups excluding carboxylic acids is 12. The van der Waals surface area contributed by atoms with Crippen LogP contribution in [0.1, 0.15) is 89.3 Å². The molecule has 2 aliphatic heterocycles. The zero-order valence-corrected chi connectivity index (χ0v) is 53.8. The van der Waals surface area contributed by atoms with Gasteiger partial charge in [-0.25, -0.2) is 9.36 Å². The van der Waals surface area contributed by atoms with Crippen molar-refractivity contribution < 1.29 is 105 Å². The molecular formula is C56H79F2N12O20PS2. The average Bonchev–Trinajstić information content (AvgIpc) is 0.786. The molecule has 4 rings (SSSR count). The van der Waals surface area contributed by atoms with Gasteiger partial charge < -0.3 is 89.8 Å². The Hall–Kier alpha value is -8.47. The second-order valence-corrected chi connectivity index (χ2v) is 26.0. The van der Waals surface area contributed by atoms with E-state index in [2.05, 4.69) is 52.4 Å². The fraction of sp³-hybridized carbons (Fsp3) is 0.536. The number of fused-ring (bicyclic) bond motifs is 31. The first kappa shape index (κ1) is 78.8. The quantitative estimate of drug-likeness (QED) is 0.0430. The number of nitrogens with one attached hydrogen (secondary N) is 9. The molecule has 10 atom stereocenters. The maximum absolute atomic E-state index is 16.3. The first-order chi connectivity index (χ1) is 43.4. The van der Waals surface area contributed by atoms with Gasteiger partial charge in [-0.1, -0.05) is 64.1 Å². The van der Waals surface area contributed by atoms with Gasteiger partial charge in [0.1, 0.15) is 54.1 Å². The van der Waals surface area contributed by atoms with E-state index < -0.39 is 232 Å². The average molecular weight is 1370 g/mol. The number of phenolic OH excluding ortho intramolecular Hbond substituents is 1. The van der Waals surface area contributed by atoms with Gasteiger partial charge in [0.25, 0.3) is 0 Å². The van der Waals surface area contributed by atoms with Crippen molar-refractivity contribution in [3.8, 4) is 5.75 Å². The third-order valence-corrected chi connectivity index (χ3v) is 16.8. The van der Waals surface area contributed by atoms with Crippen LogP contribution in [-0.4, -0.2) is 188 Å². The molecule has 32 nitrogen and oxygen atoms in total. The molecule has 1 unspecified atom stereocenters. The number of rotatable bonds is 22. The van der Waals surface area contributed by atoms with Gasteiger partial charge >= 0.3 is 31.2 Å². The third kappa shape index (κ3) is 26.6. The van der Waals surface area contributed by atoms with Crippen molar-refractivity contribution in [1.82, 2.24) is 47.9 Å². The van der Waals surface area contributed by atoms with Gasteiger partial charge in [0.05, 0.1) is 24.8 Å². The van der Waals surface area contributed by atoms with Crippen LogP contribution in [0.5, 0.6) is 5.75 Å². The van der Waals surface area contributed by atoms with Gasteiger partial charge in [-0.15, -0.1) is 11.8 Å². The number of carboxylic acid groups (broad SMARTS) is 2. The van der Waals surface area contributed by atoms with E-state index in [-0.39, 0.29) is 34.8 Å². The van der Waals surface area contributed by atoms with Crippen molar-refractivity contribution >= 4 is 114 Å². The number of carbonyl (C=O) groups is 14. The van der Waals surface area contributed by atoms with Crippen molar-refractivity contribution in [3.05, 3.63) is 65.2 Å². The molecule has 2 aromatic rings. The zero-order chi connectivity index (χ0) is 70.1. The van der Waals surface area contributed by atoms with Gasteiger partial charge in [0, 0.05) is 37.0 Å². The predicted molar refractivity (Wildman–Crippen MR) is 330 cm³/mol. The summed E-state index contributed by atoms with van der Waals surface area (Å²) in [5.41, 5.74) is 10.3. The minimum absolute atomic E-state index is 0.0944. The summed E-state index contributed by atoms with van der Waals surface area (Å²) in [6, 6.07) is -7.45. The molecule has 0 fully saturated rings. The number of thioether (sulfide) groups is 2. The van der Waals surface area contributed by atoms with E-state index in [1.807, 2.05) is 0 Å². The number of halogens is 2. The Balaban J connectivity index is 2.26. The first-order valence-corrected chi connectivity index (χ1v) is 32.9. The van der Waals surface area contributed by atoms with Crippen LogP contribution < -0.4 is 65.1 Å². The highest BCUT2D eigenvalue weighted by molar-refractivity contribution is 8.00. The summed E-state index contributed by atoms with van der Waals surface area (Å²) < 4.78 is 50.8. The molecule has 93 heavy (non-hydrogen) atoms. The molecule has 0 spiro atoms. The van der Waals surface area contributed by atoms with Gasteiger partial charge in [0.2, 0.25) is 65.0 Å². The van der Waals surface area contributed by atoms with E-state index >= 15 is 8.78 Å². The topological polar surface area (TPSA) is 533 Å². The number of primary amides is 2. The largest absolute Gasteiger partial charge is 0.508 e. The Kier molecular flexibility index (Phi) is 31.6. The Morgan fingerprint density at radius 1 is 0.699 bits per heavy atom. The summed E-state index contributed by atoms with van der Waals surface area (Å²) in [5.74, 6) is -19.4. The number of hydrogen-bond acceptors (Lipinski definition) is 20. The molecule has 2 heterocycles. The van der Waals surface area contributed by atoms with E-state index in [1.54, 1.807) is 6.26 Å². The number of nitrogens with two attached hydrogens (primary N) is 3. The van der Waals surface area contributed by atoms with Crippen LogP contribution in [0.3, 0.4) is 0 Å². The lowest BCUT2D eigenvalue weighted by atomic mass is 10.0. The van der Waals surface area contributed by atoms with Crippen LogP contribution >= 0.6 is 31.1 Å². The number of carboxylic acids is 2. The molecule has 11 amide bonds. The van der Waals surface area contributed by atoms with Crippen LogP contribution in [0.25, 0.3) is 0 Å². The SMILES string of the molecule is CSCC[C@@H]1NC(=O)CNC(=O)[C@H](C(C)C)NC(=O)[C@H](CC(N)=O)NC(=O)[C@H](CCC(=O)O)NC(=O)[C@@H](NC(=O)CSC[C@H](N)C(N)=O)Cc2ccc(cc2)C(F)(F)P(=O)(O)OC(=O)[C@H](CC(C)C)NC(=O)[C@H](CCC(=O)O)NC(=O)[C@H](Cc2ccc(O)cc2)NC1=O. The number of aromatic hydroxyl groups is 1. The molecule has 2 aromatic carbocycles. The highest BCUT2D eigenvalue weighted by Gasteiger charge is 2.56. The Morgan fingerprint density at radius 3 is 1.72 bits per heavy atom. The van der Waals surface area contributed by atoms with E-state index in [4.69, 9.17) is 17.2 Å². The number of benzene rings is 2. The number of amides is 11. The molecule has 37 heteroatoms. The summed E-state index contributed by atoms with van der Waals surface area (Å²) in [6.45, 7) is 5.03. The molecule has 2 aliphatic rings. The number of hydrogen-bond donors (Lipinski definition) is 16. The summed E-state index contributed by atoms with van der Waals surface area (Å²) in [7, 11) is -6.53. The van der Waals surface area contributed by atoms with Crippen LogP contribution in [0, 0.1) is 11.8 Å². The number of aliphatic carboxylic acids is 2. The van der Waals surface area contributed by atoms with Crippen molar-refractivity contribution in [2.45, 2.75) is 146 Å². The summed E-state index contributed by atoms with van der Waals surface area (Å²) in [5, 5.41) is 50.2. The fourth-order valence-corrected chi connectivity index (χ4v) is 11.0. The van der Waals surface area contributed by atoms with E-state index in [9.17, 15) is 91.9 Å². The molecule has 0 radical (unpaired) electrons. The standard InChI is InChI=1S/C56H79F2N12O20PS2/c1-27(2)20-40-55(87)90-91(88,89)56(57,58)31-10-6-29(7-11-31)21-37(64-43(74)26-93-25-33(59)47(61)79)51(83)65-34(14-16-44(75)76)48(80)68-39(23-41(60)72)53(85)70-46(28(3)4)54(86)62-24-42(73)63-36(18-19-92-5)50(82)67-38(22-30-8-12-32(71)13-9-30)52(84)66-35(49(81)69-40)15-17-45(77)78/h6-13,27-28,33-40,46,71H,14-26,59H2,1-5H3,(H2,60,72)(H2,61,79)(H,62,86)(H,63,73)(H,64,74)(H,65,83)(H,66,84)(H,67,82)(H,68,80)(H,69,81)(H,70,85)(H,75,76)(H,77,78)(H,88,89)/t33-,34-,35-,36-,37-,38-,39-,40-,46-/m0/s1. The molecule has 0 aromatic heterocycles. The number of alkyl halides is 2. The Labute approximate surface area is 540 Å². The smallest absolute Gasteiger partial charge is 0.452 e. The molecule has 0 aliphatic carbocycles. The van der Waals surface area contributed by atoms with Crippen molar-refractivity contribution in [1.29, 1.82) is 0 Å².